The number of sulfonamides is 1. The molecule has 0 spiro atoms. The van der Waals surface area contributed by atoms with Crippen LogP contribution in [0.5, 0.6) is 0 Å². The molecule has 0 aliphatic heterocycles. The van der Waals surface area contributed by atoms with Gasteiger partial charge < -0.3 is 9.67 Å². The van der Waals surface area contributed by atoms with E-state index in [1.807, 2.05) is 11.8 Å². The highest BCUT2D eigenvalue weighted by Crippen LogP contribution is 2.34. The number of carboxylic acids is 1. The van der Waals surface area contributed by atoms with Gasteiger partial charge in [0.25, 0.3) is 10.0 Å². The summed E-state index contributed by atoms with van der Waals surface area (Å²) in [6, 6.07) is 0.00110. The molecule has 1 aromatic heterocycles. The monoisotopic (exact) mass is 356 g/mol. The van der Waals surface area contributed by atoms with Gasteiger partial charge >= 0.3 is 5.97 Å². The zero-order valence-electron chi connectivity index (χ0n) is 13.8. The van der Waals surface area contributed by atoms with Gasteiger partial charge in [0, 0.05) is 25.2 Å². The summed E-state index contributed by atoms with van der Waals surface area (Å²) < 4.78 is 29.2. The highest BCUT2D eigenvalue weighted by Gasteiger charge is 2.39. The lowest BCUT2D eigenvalue weighted by Crippen LogP contribution is -2.55. The Labute approximate surface area is 141 Å². The van der Waals surface area contributed by atoms with Crippen LogP contribution in [0.4, 0.5) is 0 Å². The summed E-state index contributed by atoms with van der Waals surface area (Å²) in [4.78, 5) is 16.9. The van der Waals surface area contributed by atoms with Crippen molar-refractivity contribution in [3.63, 3.8) is 0 Å². The smallest absolute Gasteiger partial charge is 0.317 e. The van der Waals surface area contributed by atoms with Gasteiger partial charge in [0.05, 0.1) is 19.1 Å². The molecule has 2 saturated carbocycles. The van der Waals surface area contributed by atoms with Crippen LogP contribution in [0, 0.1) is 5.92 Å². The third-order valence-corrected chi connectivity index (χ3v) is 6.30. The van der Waals surface area contributed by atoms with Crippen LogP contribution in [0.1, 0.15) is 32.6 Å². The van der Waals surface area contributed by atoms with Gasteiger partial charge in [0.2, 0.25) is 0 Å². The predicted molar refractivity (Wildman–Crippen MR) is 87.0 cm³/mol. The van der Waals surface area contributed by atoms with Crippen molar-refractivity contribution in [2.24, 2.45) is 5.92 Å². The van der Waals surface area contributed by atoms with Crippen LogP contribution in [0.25, 0.3) is 0 Å². The van der Waals surface area contributed by atoms with Crippen molar-refractivity contribution < 1.29 is 18.3 Å². The third-order valence-electron chi connectivity index (χ3n) is 4.77. The molecule has 2 N–H and O–H groups in total. The van der Waals surface area contributed by atoms with Crippen LogP contribution < -0.4 is 4.72 Å². The van der Waals surface area contributed by atoms with Crippen molar-refractivity contribution >= 4 is 16.0 Å². The molecule has 0 aromatic carbocycles. The molecule has 0 bridgehead atoms. The predicted octanol–water partition coefficient (Wildman–Crippen LogP) is 0.509. The quantitative estimate of drug-likeness (QED) is 0.668. The Bertz CT molecular complexity index is 692. The summed E-state index contributed by atoms with van der Waals surface area (Å²) in [5, 5.41) is 9.23. The van der Waals surface area contributed by atoms with E-state index in [-0.39, 0.29) is 23.7 Å². The molecule has 0 amide bonds. The Morgan fingerprint density at radius 3 is 2.75 bits per heavy atom. The second-order valence-electron chi connectivity index (χ2n) is 6.73. The number of aryl methyl sites for hydroxylation is 1. The normalized spacial score (nSPS) is 24.1. The lowest BCUT2D eigenvalue weighted by Gasteiger charge is -2.42. The Kier molecular flexibility index (Phi) is 4.93. The summed E-state index contributed by atoms with van der Waals surface area (Å²) >= 11 is 0. The molecule has 0 atom stereocenters. The van der Waals surface area contributed by atoms with E-state index in [0.29, 0.717) is 25.3 Å². The van der Waals surface area contributed by atoms with E-state index in [4.69, 9.17) is 5.11 Å². The van der Waals surface area contributed by atoms with Crippen molar-refractivity contribution in [2.45, 2.75) is 56.3 Å². The zero-order chi connectivity index (χ0) is 17.3. The average molecular weight is 356 g/mol. The Morgan fingerprint density at radius 2 is 2.17 bits per heavy atom. The third kappa shape index (κ3) is 3.96. The number of nitrogens with one attached hydrogen (secondary N) is 1. The molecule has 0 saturated heterocycles. The van der Waals surface area contributed by atoms with Crippen molar-refractivity contribution in [1.29, 1.82) is 0 Å². The summed E-state index contributed by atoms with van der Waals surface area (Å²) in [5.41, 5.74) is 0. The molecule has 2 aliphatic carbocycles. The van der Waals surface area contributed by atoms with E-state index in [1.165, 1.54) is 25.4 Å². The summed E-state index contributed by atoms with van der Waals surface area (Å²) in [7, 11) is -3.59. The number of aromatic nitrogens is 2. The molecule has 0 radical (unpaired) electrons. The van der Waals surface area contributed by atoms with Crippen LogP contribution in [0.15, 0.2) is 17.6 Å². The Morgan fingerprint density at radius 1 is 1.46 bits per heavy atom. The fraction of sp³-hybridized carbons (Fsp3) is 0.733. The molecule has 2 aliphatic rings. The second-order valence-corrected chi connectivity index (χ2v) is 8.39. The van der Waals surface area contributed by atoms with Crippen molar-refractivity contribution in [3.05, 3.63) is 12.5 Å². The lowest BCUT2D eigenvalue weighted by molar-refractivity contribution is -0.139. The highest BCUT2D eigenvalue weighted by atomic mass is 32.2. The van der Waals surface area contributed by atoms with Gasteiger partial charge in [-0.15, -0.1) is 0 Å². The van der Waals surface area contributed by atoms with E-state index in [9.17, 15) is 13.2 Å². The van der Waals surface area contributed by atoms with Gasteiger partial charge in [0.1, 0.15) is 0 Å². The van der Waals surface area contributed by atoms with Gasteiger partial charge in [-0.25, -0.2) is 18.1 Å². The highest BCUT2D eigenvalue weighted by molar-refractivity contribution is 7.89. The number of imidazole rings is 1. The molecule has 3 rings (SSSR count). The maximum Gasteiger partial charge on any atom is 0.317 e. The molecule has 24 heavy (non-hydrogen) atoms. The first kappa shape index (κ1) is 17.4. The largest absolute Gasteiger partial charge is 0.480 e. The number of aliphatic carboxylic acids is 1. The standard InChI is InChI=1S/C15H24N4O4S/c1-2-18-10-16-7-14(18)24(22,23)17-12-5-13(6-12)19(9-15(20)21)8-11-3-4-11/h7,10-13,17H,2-6,8-9H2,1H3,(H,20,21). The van der Waals surface area contributed by atoms with Crippen molar-refractivity contribution in [2.75, 3.05) is 13.1 Å². The topological polar surface area (TPSA) is 105 Å². The van der Waals surface area contributed by atoms with Gasteiger partial charge in [-0.1, -0.05) is 0 Å². The number of carboxylic acid groups (broad SMARTS) is 1. The van der Waals surface area contributed by atoms with Crippen LogP contribution in [-0.4, -0.2) is 59.1 Å². The molecular weight excluding hydrogens is 332 g/mol. The fourth-order valence-electron chi connectivity index (χ4n) is 3.18. The SMILES string of the molecule is CCn1cncc1S(=O)(=O)NC1CC(N(CC(=O)O)CC2CC2)C1. The minimum Gasteiger partial charge on any atom is -0.480 e. The molecule has 8 nitrogen and oxygen atoms in total. The van der Waals surface area contributed by atoms with E-state index in [0.717, 1.165) is 6.54 Å². The maximum absolute atomic E-state index is 12.4. The zero-order valence-corrected chi connectivity index (χ0v) is 14.6. The van der Waals surface area contributed by atoms with E-state index in [1.54, 1.807) is 4.57 Å². The second kappa shape index (κ2) is 6.81. The molecule has 2 fully saturated rings. The number of carbonyl (C=O) groups is 1. The van der Waals surface area contributed by atoms with Crippen LogP contribution in [0.2, 0.25) is 0 Å². The van der Waals surface area contributed by atoms with E-state index < -0.39 is 16.0 Å². The van der Waals surface area contributed by atoms with Gasteiger partial charge in [0.15, 0.2) is 5.03 Å². The number of hydrogen-bond acceptors (Lipinski definition) is 5. The van der Waals surface area contributed by atoms with E-state index in [2.05, 4.69) is 9.71 Å². The van der Waals surface area contributed by atoms with Crippen LogP contribution in [0.3, 0.4) is 0 Å². The van der Waals surface area contributed by atoms with Crippen LogP contribution >= 0.6 is 0 Å². The van der Waals surface area contributed by atoms with Gasteiger partial charge in [-0.05, 0) is 38.5 Å². The molecule has 134 valence electrons. The first-order valence-corrected chi connectivity index (χ1v) is 9.85. The van der Waals surface area contributed by atoms with Crippen molar-refractivity contribution in [1.82, 2.24) is 19.2 Å². The lowest BCUT2D eigenvalue weighted by atomic mass is 9.86. The van der Waals surface area contributed by atoms with Gasteiger partial charge in [-0.3, -0.25) is 9.69 Å². The molecule has 9 heteroatoms. The first-order valence-electron chi connectivity index (χ1n) is 8.37. The summed E-state index contributed by atoms with van der Waals surface area (Å²) in [6.45, 7) is 3.24. The minimum atomic E-state index is -3.59. The molecule has 1 heterocycles. The van der Waals surface area contributed by atoms with Crippen molar-refractivity contribution in [3.8, 4) is 0 Å². The van der Waals surface area contributed by atoms with Crippen LogP contribution in [-0.2, 0) is 21.4 Å². The fourth-order valence-corrected chi connectivity index (χ4v) is 4.62. The number of nitrogens with zero attached hydrogens (tertiary/aromatic N) is 3. The first-order chi connectivity index (χ1) is 11.4. The molecule has 1 aromatic rings. The van der Waals surface area contributed by atoms with Gasteiger partial charge in [-0.2, -0.15) is 0 Å². The number of rotatable bonds is 9. The maximum atomic E-state index is 12.4. The Balaban J connectivity index is 1.56. The number of hydrogen-bond donors (Lipinski definition) is 2. The van der Waals surface area contributed by atoms with E-state index >= 15 is 0 Å². The minimum absolute atomic E-state index is 0.0310. The molecular formula is C15H24N4O4S. The molecule has 0 unspecified atom stereocenters. The summed E-state index contributed by atoms with van der Waals surface area (Å²) in [5.74, 6) is -0.217. The summed E-state index contributed by atoms with van der Waals surface area (Å²) in [6.07, 6.45) is 6.49. The Hall–Kier alpha value is -1.45. The average Bonchev–Trinajstić information content (AvgIpc) is 3.13.